The van der Waals surface area contributed by atoms with Gasteiger partial charge < -0.3 is 18.9 Å². The summed E-state index contributed by atoms with van der Waals surface area (Å²) in [6, 6.07) is 19.5. The Bertz CT molecular complexity index is 1860. The Balaban J connectivity index is 1.52. The summed E-state index contributed by atoms with van der Waals surface area (Å²) in [7, 11) is 0.233. The van der Waals surface area contributed by atoms with Crippen LogP contribution in [0.3, 0.4) is 0 Å². The topological polar surface area (TPSA) is 116 Å². The van der Waals surface area contributed by atoms with Crippen LogP contribution in [0.2, 0.25) is 10.0 Å². The van der Waals surface area contributed by atoms with Crippen LogP contribution >= 0.6 is 39.1 Å². The molecule has 0 aliphatic heterocycles. The molecule has 242 valence electrons. The average Bonchev–Trinajstić information content (AvgIpc) is 3.04. The van der Waals surface area contributed by atoms with Crippen molar-refractivity contribution < 1.29 is 32.2 Å². The number of nitrogens with zero attached hydrogens (tertiary/aromatic N) is 2. The Labute approximate surface area is 286 Å². The highest BCUT2D eigenvalue weighted by Gasteiger charge is 2.28. The summed E-state index contributed by atoms with van der Waals surface area (Å²) in [5.74, 6) is 0.869. The zero-order valence-electron chi connectivity index (χ0n) is 25.2. The Morgan fingerprint density at radius 1 is 0.891 bits per heavy atom. The van der Waals surface area contributed by atoms with Gasteiger partial charge in [0.15, 0.2) is 23.0 Å². The molecular weight excluding hydrogens is 721 g/mol. The van der Waals surface area contributed by atoms with Crippen LogP contribution in [0.25, 0.3) is 0 Å². The number of amides is 1. The first-order valence-electron chi connectivity index (χ1n) is 13.5. The van der Waals surface area contributed by atoms with Crippen molar-refractivity contribution in [3.63, 3.8) is 0 Å². The predicted octanol–water partition coefficient (Wildman–Crippen LogP) is 7.01. The molecule has 14 heteroatoms. The molecule has 0 fully saturated rings. The summed E-state index contributed by atoms with van der Waals surface area (Å²) in [4.78, 5) is 13.1. The second-order valence-electron chi connectivity index (χ2n) is 9.73. The fraction of sp³-hybridized carbons (Fsp3) is 0.188. The SMILES string of the molecule is COc1ccc(N(CC(=O)N/N=C\c2cc(Br)c(OCc3ccc(Cl)c(Cl)c3)c(OC)c2)S(=O)(=O)c2ccc(C)cc2)cc1OC. The van der Waals surface area contributed by atoms with Gasteiger partial charge in [-0.3, -0.25) is 9.10 Å². The smallest absolute Gasteiger partial charge is 0.264 e. The van der Waals surface area contributed by atoms with E-state index in [2.05, 4.69) is 26.5 Å². The maximum atomic E-state index is 13.7. The normalized spacial score (nSPS) is 11.3. The number of carbonyl (C=O) groups excluding carboxylic acids is 1. The van der Waals surface area contributed by atoms with Gasteiger partial charge in [0.25, 0.3) is 15.9 Å². The minimum Gasteiger partial charge on any atom is -0.493 e. The highest BCUT2D eigenvalue weighted by molar-refractivity contribution is 9.10. The van der Waals surface area contributed by atoms with E-state index in [9.17, 15) is 13.2 Å². The molecule has 0 atom stereocenters. The molecular formula is C32H30BrCl2N3O7S. The van der Waals surface area contributed by atoms with Crippen LogP contribution in [-0.2, 0) is 21.4 Å². The highest BCUT2D eigenvalue weighted by atomic mass is 79.9. The Morgan fingerprint density at radius 2 is 1.59 bits per heavy atom. The largest absolute Gasteiger partial charge is 0.493 e. The maximum Gasteiger partial charge on any atom is 0.264 e. The van der Waals surface area contributed by atoms with Crippen molar-refractivity contribution in [2.75, 3.05) is 32.2 Å². The lowest BCUT2D eigenvalue weighted by Crippen LogP contribution is -2.39. The summed E-state index contributed by atoms with van der Waals surface area (Å²) >= 11 is 15.6. The fourth-order valence-corrected chi connectivity index (χ4v) is 6.52. The number of methoxy groups -OCH3 is 3. The van der Waals surface area contributed by atoms with Crippen molar-refractivity contribution in [3.8, 4) is 23.0 Å². The third kappa shape index (κ3) is 8.43. The molecule has 10 nitrogen and oxygen atoms in total. The summed E-state index contributed by atoms with van der Waals surface area (Å²) in [5, 5.41) is 4.90. The van der Waals surface area contributed by atoms with Gasteiger partial charge in [-0.05, 0) is 82.5 Å². The number of rotatable bonds is 13. The van der Waals surface area contributed by atoms with Crippen LogP contribution in [0.5, 0.6) is 23.0 Å². The van der Waals surface area contributed by atoms with Gasteiger partial charge >= 0.3 is 0 Å². The number of nitrogens with one attached hydrogen (secondary N) is 1. The molecule has 4 aromatic rings. The Kier molecular flexibility index (Phi) is 11.8. The van der Waals surface area contributed by atoms with Crippen molar-refractivity contribution in [2.24, 2.45) is 5.10 Å². The standard InChI is InChI=1S/C32H30BrCl2N3O7S/c1-20-5-9-24(10-6-20)46(40,41)38(23-8-12-28(42-2)29(16-23)43-3)18-31(39)37-36-17-22-13-25(33)32(30(15-22)44-4)45-19-21-7-11-26(34)27(35)14-21/h5-17H,18-19H2,1-4H3,(H,37,39)/b36-17-. The van der Waals surface area contributed by atoms with E-state index in [4.69, 9.17) is 42.1 Å². The van der Waals surface area contributed by atoms with E-state index >= 15 is 0 Å². The van der Waals surface area contributed by atoms with Crippen molar-refractivity contribution in [1.82, 2.24) is 5.43 Å². The first-order chi connectivity index (χ1) is 22.0. The molecule has 0 aliphatic carbocycles. The molecule has 0 bridgehead atoms. The van der Waals surface area contributed by atoms with E-state index in [1.54, 1.807) is 48.5 Å². The highest BCUT2D eigenvalue weighted by Crippen LogP contribution is 2.37. The van der Waals surface area contributed by atoms with E-state index in [0.29, 0.717) is 43.1 Å². The fourth-order valence-electron chi connectivity index (χ4n) is 4.22. The summed E-state index contributed by atoms with van der Waals surface area (Å²) in [6.45, 7) is 1.48. The molecule has 1 amide bonds. The third-order valence-electron chi connectivity index (χ3n) is 6.57. The van der Waals surface area contributed by atoms with E-state index in [1.807, 2.05) is 6.92 Å². The molecule has 1 N–H and O–H groups in total. The average molecular weight is 751 g/mol. The number of hydrogen-bond donors (Lipinski definition) is 1. The molecule has 0 radical (unpaired) electrons. The summed E-state index contributed by atoms with van der Waals surface area (Å²) < 4.78 is 51.1. The predicted molar refractivity (Wildman–Crippen MR) is 182 cm³/mol. The molecule has 0 heterocycles. The molecule has 0 spiro atoms. The summed E-state index contributed by atoms with van der Waals surface area (Å²) in [6.07, 6.45) is 1.39. The first kappa shape index (κ1) is 34.9. The number of halogens is 3. The number of carbonyl (C=O) groups is 1. The molecule has 0 saturated heterocycles. The molecule has 4 aromatic carbocycles. The van der Waals surface area contributed by atoms with Crippen LogP contribution in [0, 0.1) is 6.92 Å². The van der Waals surface area contributed by atoms with Crippen molar-refractivity contribution in [1.29, 1.82) is 0 Å². The minimum absolute atomic E-state index is 0.0163. The molecule has 0 aromatic heterocycles. The number of aryl methyl sites for hydroxylation is 1. The lowest BCUT2D eigenvalue weighted by molar-refractivity contribution is -0.119. The van der Waals surface area contributed by atoms with E-state index in [0.717, 1.165) is 15.4 Å². The maximum absolute atomic E-state index is 13.7. The van der Waals surface area contributed by atoms with Crippen LogP contribution in [-0.4, -0.2) is 48.4 Å². The second-order valence-corrected chi connectivity index (χ2v) is 13.3. The van der Waals surface area contributed by atoms with Crippen molar-refractivity contribution in [3.05, 3.63) is 104 Å². The van der Waals surface area contributed by atoms with Gasteiger partial charge in [0.1, 0.15) is 13.2 Å². The number of benzene rings is 4. The van der Waals surface area contributed by atoms with Crippen LogP contribution in [0.15, 0.2) is 87.3 Å². The van der Waals surface area contributed by atoms with E-state index in [1.165, 1.54) is 51.8 Å². The lowest BCUT2D eigenvalue weighted by atomic mass is 10.2. The second kappa shape index (κ2) is 15.5. The lowest BCUT2D eigenvalue weighted by Gasteiger charge is -2.24. The van der Waals surface area contributed by atoms with E-state index < -0.39 is 22.5 Å². The van der Waals surface area contributed by atoms with Gasteiger partial charge in [0.05, 0.1) is 52.6 Å². The van der Waals surface area contributed by atoms with Crippen molar-refractivity contribution >= 4 is 67.0 Å². The quantitative estimate of drug-likeness (QED) is 0.115. The van der Waals surface area contributed by atoms with E-state index in [-0.39, 0.29) is 17.2 Å². The number of hydrogen-bond acceptors (Lipinski definition) is 8. The van der Waals surface area contributed by atoms with Gasteiger partial charge in [-0.15, -0.1) is 0 Å². The van der Waals surface area contributed by atoms with Gasteiger partial charge in [-0.2, -0.15) is 5.10 Å². The Morgan fingerprint density at radius 3 is 2.24 bits per heavy atom. The monoisotopic (exact) mass is 749 g/mol. The van der Waals surface area contributed by atoms with Gasteiger partial charge in [0, 0.05) is 6.07 Å². The van der Waals surface area contributed by atoms with Gasteiger partial charge in [-0.25, -0.2) is 13.8 Å². The Hall–Kier alpha value is -3.97. The van der Waals surface area contributed by atoms with Crippen LogP contribution in [0.1, 0.15) is 16.7 Å². The summed E-state index contributed by atoms with van der Waals surface area (Å²) in [5.41, 5.74) is 4.86. The van der Waals surface area contributed by atoms with Crippen molar-refractivity contribution in [2.45, 2.75) is 18.4 Å². The molecule has 4 rings (SSSR count). The number of ether oxygens (including phenoxy) is 4. The first-order valence-corrected chi connectivity index (χ1v) is 16.5. The molecule has 0 aliphatic rings. The molecule has 0 saturated carbocycles. The zero-order valence-corrected chi connectivity index (χ0v) is 29.1. The number of anilines is 1. The number of hydrazone groups is 1. The zero-order chi connectivity index (χ0) is 33.4. The van der Waals surface area contributed by atoms with Gasteiger partial charge in [-0.1, -0.05) is 47.0 Å². The van der Waals surface area contributed by atoms with Crippen LogP contribution in [0.4, 0.5) is 5.69 Å². The minimum atomic E-state index is -4.16. The molecule has 46 heavy (non-hydrogen) atoms. The van der Waals surface area contributed by atoms with Crippen LogP contribution < -0.4 is 28.7 Å². The van der Waals surface area contributed by atoms with Gasteiger partial charge in [0.2, 0.25) is 0 Å². The third-order valence-corrected chi connectivity index (χ3v) is 9.69. The number of sulfonamides is 1. The molecule has 0 unspecified atom stereocenters.